The van der Waals surface area contributed by atoms with Gasteiger partial charge in [-0.25, -0.2) is 12.1 Å². The minimum Gasteiger partial charge on any atom is -0.658 e. The molecular formula is C23H47N3Ti. The van der Waals surface area contributed by atoms with Crippen molar-refractivity contribution in [2.75, 3.05) is 0 Å². The molecule has 4 heteroatoms. The van der Waals surface area contributed by atoms with E-state index in [0.717, 1.165) is 0 Å². The van der Waals surface area contributed by atoms with Crippen LogP contribution in [0.4, 0.5) is 0 Å². The van der Waals surface area contributed by atoms with Gasteiger partial charge in [0.15, 0.2) is 0 Å². The van der Waals surface area contributed by atoms with Crippen molar-refractivity contribution >= 4 is 0 Å². The minimum atomic E-state index is 0. The maximum Gasteiger partial charge on any atom is 4.00 e. The third-order valence-corrected chi connectivity index (χ3v) is 2.34. The average Bonchev–Trinajstić information content (AvgIpc) is 2.93. The first-order chi connectivity index (χ1) is 11.9. The quantitative estimate of drug-likeness (QED) is 0.336. The molecule has 0 heterocycles. The summed E-state index contributed by atoms with van der Waals surface area (Å²) in [6.07, 6.45) is 0. The maximum atomic E-state index is 4.28. The Morgan fingerprint density at radius 2 is 0.630 bits per heavy atom. The van der Waals surface area contributed by atoms with Crippen molar-refractivity contribution in [1.29, 1.82) is 0 Å². The van der Waals surface area contributed by atoms with E-state index in [1.807, 2.05) is 30.3 Å². The van der Waals surface area contributed by atoms with Gasteiger partial charge in [0.1, 0.15) is 0 Å². The zero-order chi connectivity index (χ0) is 21.1. The van der Waals surface area contributed by atoms with Gasteiger partial charge in [0.05, 0.1) is 0 Å². The van der Waals surface area contributed by atoms with Gasteiger partial charge in [0.25, 0.3) is 0 Å². The Bertz CT molecular complexity index is 263. The first kappa shape index (κ1) is 34.5. The second-order valence-corrected chi connectivity index (χ2v) is 7.97. The molecule has 0 bridgehead atoms. The maximum absolute atomic E-state index is 4.28. The van der Waals surface area contributed by atoms with E-state index in [-0.39, 0.29) is 21.7 Å². The third kappa shape index (κ3) is 51.8. The molecule has 158 valence electrons. The van der Waals surface area contributed by atoms with Gasteiger partial charge in [-0.05, 0) is 0 Å². The van der Waals surface area contributed by atoms with Gasteiger partial charge >= 0.3 is 21.7 Å². The molecular weight excluding hydrogens is 366 g/mol. The van der Waals surface area contributed by atoms with Crippen molar-refractivity contribution < 1.29 is 21.7 Å². The number of hydrogen-bond donors (Lipinski definition) is 0. The van der Waals surface area contributed by atoms with E-state index < -0.39 is 0 Å². The molecule has 0 radical (unpaired) electrons. The van der Waals surface area contributed by atoms with Crippen LogP contribution in [-0.4, -0.2) is 36.3 Å². The molecule has 0 N–H and O–H groups in total. The van der Waals surface area contributed by atoms with Crippen molar-refractivity contribution in [3.05, 3.63) is 46.3 Å². The Kier molecular flexibility index (Phi) is 30.6. The SMILES string of the molecule is CC(C)[N-]C(C)C.CC(C)[N-]C(C)C.CC(C)[N-]C(C)C.[Ti+4].c1cc[cH-]c1. The Balaban J connectivity index is -0.000000130. The number of hydrogen-bond acceptors (Lipinski definition) is 0. The average molecular weight is 414 g/mol. The standard InChI is InChI=1S/3C6H14N.C5H5.Ti/c3*1-5(2)7-6(3)4;1-2-4-5-3-1;/h3*5-6H,1-4H3;1-5H;/q4*-1;+4. The molecule has 1 rings (SSSR count). The summed E-state index contributed by atoms with van der Waals surface area (Å²) in [6, 6.07) is 13.0. The predicted octanol–water partition coefficient (Wildman–Crippen LogP) is 7.93. The van der Waals surface area contributed by atoms with Gasteiger partial charge in [0.2, 0.25) is 0 Å². The Labute approximate surface area is 187 Å². The topological polar surface area (TPSA) is 42.3 Å². The first-order valence-electron chi connectivity index (χ1n) is 10.1. The summed E-state index contributed by atoms with van der Waals surface area (Å²) in [5.41, 5.74) is 0. The monoisotopic (exact) mass is 413 g/mol. The summed E-state index contributed by atoms with van der Waals surface area (Å²) in [7, 11) is 0. The second kappa shape index (κ2) is 24.0. The molecule has 1 aromatic carbocycles. The Morgan fingerprint density at radius 1 is 0.444 bits per heavy atom. The minimum absolute atomic E-state index is 0. The van der Waals surface area contributed by atoms with E-state index in [0.29, 0.717) is 36.3 Å². The number of nitrogens with zero attached hydrogens (tertiary/aromatic N) is 3. The molecule has 0 fully saturated rings. The largest absolute Gasteiger partial charge is 4.00 e. The first-order valence-corrected chi connectivity index (χ1v) is 10.1. The predicted molar refractivity (Wildman–Crippen MR) is 123 cm³/mol. The number of rotatable bonds is 6. The van der Waals surface area contributed by atoms with E-state index >= 15 is 0 Å². The smallest absolute Gasteiger partial charge is 0.658 e. The second-order valence-electron chi connectivity index (χ2n) is 7.97. The van der Waals surface area contributed by atoms with Crippen LogP contribution in [0, 0.1) is 0 Å². The van der Waals surface area contributed by atoms with Crippen LogP contribution in [0.15, 0.2) is 30.3 Å². The molecule has 1 aromatic rings. The van der Waals surface area contributed by atoms with Crippen molar-refractivity contribution in [2.24, 2.45) is 0 Å². The summed E-state index contributed by atoms with van der Waals surface area (Å²) in [4.78, 5) is 0. The van der Waals surface area contributed by atoms with Gasteiger partial charge in [-0.1, -0.05) is 83.1 Å². The molecule has 27 heavy (non-hydrogen) atoms. The Morgan fingerprint density at radius 3 is 0.667 bits per heavy atom. The van der Waals surface area contributed by atoms with Crippen LogP contribution < -0.4 is 0 Å². The zero-order valence-electron chi connectivity index (χ0n) is 20.2. The summed E-state index contributed by atoms with van der Waals surface area (Å²) < 4.78 is 0. The third-order valence-electron chi connectivity index (χ3n) is 2.34. The van der Waals surface area contributed by atoms with Crippen LogP contribution in [0.1, 0.15) is 83.1 Å². The Hall–Kier alpha value is -0.0557. The van der Waals surface area contributed by atoms with Gasteiger partial charge in [-0.3, -0.25) is 0 Å². The molecule has 0 unspecified atom stereocenters. The molecule has 0 amide bonds. The van der Waals surface area contributed by atoms with Crippen molar-refractivity contribution in [3.63, 3.8) is 0 Å². The molecule has 0 saturated carbocycles. The molecule has 0 aliphatic heterocycles. The summed E-state index contributed by atoms with van der Waals surface area (Å²) >= 11 is 0. The summed E-state index contributed by atoms with van der Waals surface area (Å²) in [5.74, 6) is 0. The van der Waals surface area contributed by atoms with Gasteiger partial charge in [-0.15, -0.1) is 36.3 Å². The van der Waals surface area contributed by atoms with E-state index in [2.05, 4.69) is 99.0 Å². The molecule has 0 atom stereocenters. The van der Waals surface area contributed by atoms with Crippen LogP contribution in [-0.2, 0) is 21.7 Å². The molecule has 0 saturated heterocycles. The summed E-state index contributed by atoms with van der Waals surface area (Å²) in [5, 5.41) is 12.8. The van der Waals surface area contributed by atoms with Crippen LogP contribution in [0.5, 0.6) is 0 Å². The van der Waals surface area contributed by atoms with E-state index in [9.17, 15) is 0 Å². The van der Waals surface area contributed by atoms with Crippen LogP contribution >= 0.6 is 0 Å². The van der Waals surface area contributed by atoms with Crippen LogP contribution in [0.2, 0.25) is 0 Å². The van der Waals surface area contributed by atoms with E-state index in [1.54, 1.807) is 0 Å². The fourth-order valence-corrected chi connectivity index (χ4v) is 2.11. The van der Waals surface area contributed by atoms with E-state index in [1.165, 1.54) is 0 Å². The van der Waals surface area contributed by atoms with Gasteiger partial charge in [-0.2, -0.15) is 18.2 Å². The van der Waals surface area contributed by atoms with Crippen molar-refractivity contribution in [1.82, 2.24) is 0 Å². The molecule has 3 nitrogen and oxygen atoms in total. The van der Waals surface area contributed by atoms with E-state index in [4.69, 9.17) is 0 Å². The molecule has 0 spiro atoms. The molecule has 0 aromatic heterocycles. The van der Waals surface area contributed by atoms with Crippen molar-refractivity contribution in [3.8, 4) is 0 Å². The van der Waals surface area contributed by atoms with Crippen LogP contribution in [0.3, 0.4) is 0 Å². The fraction of sp³-hybridized carbons (Fsp3) is 0.783. The van der Waals surface area contributed by atoms with Gasteiger partial charge in [0, 0.05) is 0 Å². The van der Waals surface area contributed by atoms with Gasteiger partial charge < -0.3 is 16.0 Å². The van der Waals surface area contributed by atoms with Crippen LogP contribution in [0.25, 0.3) is 16.0 Å². The fourth-order valence-electron chi connectivity index (χ4n) is 2.11. The summed E-state index contributed by atoms with van der Waals surface area (Å²) in [6.45, 7) is 25.2. The normalized spacial score (nSPS) is 10.1. The van der Waals surface area contributed by atoms with Crippen molar-refractivity contribution in [2.45, 2.75) is 119 Å². The molecule has 0 aliphatic rings. The zero-order valence-corrected chi connectivity index (χ0v) is 21.8. The molecule has 0 aliphatic carbocycles.